The summed E-state index contributed by atoms with van der Waals surface area (Å²) in [5.41, 5.74) is 0.744. The Bertz CT molecular complexity index is 1000. The van der Waals surface area contributed by atoms with Gasteiger partial charge >= 0.3 is 0 Å². The van der Waals surface area contributed by atoms with Crippen molar-refractivity contribution in [2.24, 2.45) is 5.16 Å². The monoisotopic (exact) mass is 393 g/mol. The topological polar surface area (TPSA) is 76.5 Å². The predicted molar refractivity (Wildman–Crippen MR) is 102 cm³/mol. The predicted octanol–water partition coefficient (Wildman–Crippen LogP) is 3.85. The molecule has 6 nitrogen and oxygen atoms in total. The molecule has 9 heteroatoms. The van der Waals surface area contributed by atoms with E-state index in [9.17, 15) is 14.0 Å². The second kappa shape index (κ2) is 7.89. The number of amidine groups is 1. The average Bonchev–Trinajstić information content (AvgIpc) is 3.06. The summed E-state index contributed by atoms with van der Waals surface area (Å²) in [6, 6.07) is 7.64. The van der Waals surface area contributed by atoms with Crippen LogP contribution >= 0.6 is 11.6 Å². The Morgan fingerprint density at radius 2 is 2.11 bits per heavy atom. The lowest BCUT2D eigenvalue weighted by molar-refractivity contribution is 0.319. The highest BCUT2D eigenvalue weighted by molar-refractivity contribution is 6.31. The number of anilines is 1. The molecule has 142 valence electrons. The Morgan fingerprint density at radius 3 is 2.78 bits per heavy atom. The van der Waals surface area contributed by atoms with Crippen LogP contribution in [0.2, 0.25) is 5.02 Å². The molecule has 0 aliphatic heterocycles. The number of rotatable bonds is 5. The Kier molecular flexibility index (Phi) is 5.57. The van der Waals surface area contributed by atoms with Crippen LogP contribution in [0.1, 0.15) is 11.4 Å². The highest BCUT2D eigenvalue weighted by Gasteiger charge is 2.20. The number of H-pyrrole nitrogens is 1. The van der Waals surface area contributed by atoms with Gasteiger partial charge in [-0.1, -0.05) is 22.8 Å². The van der Waals surface area contributed by atoms with Crippen LogP contribution in [-0.4, -0.2) is 46.6 Å². The number of benzene rings is 2. The van der Waals surface area contributed by atoms with Gasteiger partial charge in [0.05, 0.1) is 5.56 Å². The van der Waals surface area contributed by atoms with Crippen LogP contribution in [0.15, 0.2) is 35.5 Å². The van der Waals surface area contributed by atoms with Crippen LogP contribution < -0.4 is 5.32 Å². The molecule has 0 atom stereocenters. The number of aromatic amines is 1. The van der Waals surface area contributed by atoms with E-state index < -0.39 is 11.6 Å². The highest BCUT2D eigenvalue weighted by Crippen LogP contribution is 2.25. The van der Waals surface area contributed by atoms with Crippen molar-refractivity contribution in [2.75, 3.05) is 26.0 Å². The van der Waals surface area contributed by atoms with E-state index in [1.54, 1.807) is 24.3 Å². The van der Waals surface area contributed by atoms with Crippen molar-refractivity contribution >= 4 is 34.2 Å². The van der Waals surface area contributed by atoms with E-state index in [4.69, 9.17) is 11.6 Å². The lowest BCUT2D eigenvalue weighted by atomic mass is 10.1. The van der Waals surface area contributed by atoms with Gasteiger partial charge in [0, 0.05) is 23.7 Å². The maximum Gasteiger partial charge on any atom is 0.184 e. The van der Waals surface area contributed by atoms with Gasteiger partial charge in [-0.15, -0.1) is 0 Å². The molecular formula is C18H18ClF2N5O. The molecule has 0 spiro atoms. The molecule has 0 amide bonds. The van der Waals surface area contributed by atoms with E-state index in [0.29, 0.717) is 29.5 Å². The summed E-state index contributed by atoms with van der Waals surface area (Å²) in [5.74, 6) is -1.68. The summed E-state index contributed by atoms with van der Waals surface area (Å²) in [4.78, 5) is 9.13. The SMILES string of the molecule is CN(C)CCc1nc2c(/C(=N/O)Nc3cccc(Cl)c3)cc(F)c(F)c2[nH]1. The fraction of sp³-hybridized carbons (Fsp3) is 0.222. The summed E-state index contributed by atoms with van der Waals surface area (Å²) >= 11 is 5.95. The molecule has 3 N–H and O–H groups in total. The number of likely N-dealkylation sites (N-methyl/N-ethyl adjacent to an activating group) is 1. The number of hydrogen-bond acceptors (Lipinski definition) is 4. The zero-order valence-corrected chi connectivity index (χ0v) is 15.5. The molecule has 0 saturated carbocycles. The first-order chi connectivity index (χ1) is 12.9. The summed E-state index contributed by atoms with van der Waals surface area (Å²) < 4.78 is 28.4. The van der Waals surface area contributed by atoms with Crippen molar-refractivity contribution in [1.29, 1.82) is 0 Å². The largest absolute Gasteiger partial charge is 0.409 e. The number of imidazole rings is 1. The second-order valence-corrected chi connectivity index (χ2v) is 6.70. The number of halogens is 3. The van der Waals surface area contributed by atoms with Gasteiger partial charge < -0.3 is 20.4 Å². The minimum atomic E-state index is -1.07. The zero-order chi connectivity index (χ0) is 19.6. The van der Waals surface area contributed by atoms with Gasteiger partial charge in [0.1, 0.15) is 16.9 Å². The number of hydrogen-bond donors (Lipinski definition) is 3. The van der Waals surface area contributed by atoms with Crippen LogP contribution in [0.3, 0.4) is 0 Å². The Balaban J connectivity index is 2.04. The summed E-state index contributed by atoms with van der Waals surface area (Å²) in [6.07, 6.45) is 0.523. The standard InChI is InChI=1S/C18H18ClF2N5O/c1-26(2)7-6-14-23-16-12(9-13(20)15(21)17(16)24-14)18(25-27)22-11-5-3-4-10(19)8-11/h3-5,8-9,27H,6-7H2,1-2H3,(H,22,25)(H,23,24). The van der Waals surface area contributed by atoms with E-state index in [1.165, 1.54) is 0 Å². The first-order valence-electron chi connectivity index (χ1n) is 8.15. The first-order valence-corrected chi connectivity index (χ1v) is 8.53. The van der Waals surface area contributed by atoms with Gasteiger partial charge in [-0.05, 0) is 38.4 Å². The van der Waals surface area contributed by atoms with Gasteiger partial charge in [0.25, 0.3) is 0 Å². The van der Waals surface area contributed by atoms with Crippen LogP contribution in [0.4, 0.5) is 14.5 Å². The third-order valence-corrected chi connectivity index (χ3v) is 4.18. The summed E-state index contributed by atoms with van der Waals surface area (Å²) in [7, 11) is 3.81. The minimum Gasteiger partial charge on any atom is -0.409 e. The third-order valence-electron chi connectivity index (χ3n) is 3.95. The van der Waals surface area contributed by atoms with E-state index in [0.717, 1.165) is 6.07 Å². The molecule has 0 bridgehead atoms. The molecule has 1 aromatic heterocycles. The molecule has 0 aliphatic carbocycles. The maximum atomic E-state index is 14.2. The molecule has 0 radical (unpaired) electrons. The molecule has 0 fully saturated rings. The van der Waals surface area contributed by atoms with Gasteiger partial charge in [-0.25, -0.2) is 13.8 Å². The van der Waals surface area contributed by atoms with Gasteiger partial charge in [-0.3, -0.25) is 0 Å². The van der Waals surface area contributed by atoms with Crippen molar-refractivity contribution in [3.8, 4) is 0 Å². The molecule has 3 rings (SSSR count). The van der Waals surface area contributed by atoms with Crippen molar-refractivity contribution < 1.29 is 14.0 Å². The smallest absolute Gasteiger partial charge is 0.184 e. The summed E-state index contributed by atoms with van der Waals surface area (Å²) in [5, 5.41) is 16.0. The Hall–Kier alpha value is -2.71. The van der Waals surface area contributed by atoms with Crippen LogP contribution in [-0.2, 0) is 6.42 Å². The van der Waals surface area contributed by atoms with E-state index in [-0.39, 0.29) is 22.4 Å². The molecule has 1 heterocycles. The fourth-order valence-electron chi connectivity index (χ4n) is 2.63. The number of aromatic nitrogens is 2. The van der Waals surface area contributed by atoms with Crippen molar-refractivity contribution in [2.45, 2.75) is 6.42 Å². The zero-order valence-electron chi connectivity index (χ0n) is 14.7. The quantitative estimate of drug-likeness (QED) is 0.266. The molecule has 2 aromatic carbocycles. The number of fused-ring (bicyclic) bond motifs is 1. The van der Waals surface area contributed by atoms with Crippen LogP contribution in [0, 0.1) is 11.6 Å². The lowest BCUT2D eigenvalue weighted by Crippen LogP contribution is -2.16. The van der Waals surface area contributed by atoms with Crippen molar-refractivity contribution in [3.05, 3.63) is 58.4 Å². The fourth-order valence-corrected chi connectivity index (χ4v) is 2.82. The molecular weight excluding hydrogens is 376 g/mol. The highest BCUT2D eigenvalue weighted by atomic mass is 35.5. The number of nitrogens with zero attached hydrogens (tertiary/aromatic N) is 3. The van der Waals surface area contributed by atoms with Gasteiger partial charge in [0.2, 0.25) is 0 Å². The molecule has 3 aromatic rings. The van der Waals surface area contributed by atoms with Gasteiger partial charge in [-0.2, -0.15) is 0 Å². The van der Waals surface area contributed by atoms with E-state index >= 15 is 0 Å². The second-order valence-electron chi connectivity index (χ2n) is 6.26. The van der Waals surface area contributed by atoms with Crippen molar-refractivity contribution in [3.63, 3.8) is 0 Å². The van der Waals surface area contributed by atoms with E-state index in [2.05, 4.69) is 20.4 Å². The van der Waals surface area contributed by atoms with E-state index in [1.807, 2.05) is 19.0 Å². The molecule has 0 aliphatic rings. The van der Waals surface area contributed by atoms with Crippen LogP contribution in [0.5, 0.6) is 0 Å². The molecule has 27 heavy (non-hydrogen) atoms. The first kappa shape index (κ1) is 19.1. The minimum absolute atomic E-state index is 0.0761. The third kappa shape index (κ3) is 4.17. The lowest BCUT2D eigenvalue weighted by Gasteiger charge is -2.10. The molecule has 0 saturated heterocycles. The Morgan fingerprint density at radius 1 is 1.33 bits per heavy atom. The molecule has 0 unspecified atom stereocenters. The van der Waals surface area contributed by atoms with Crippen molar-refractivity contribution in [1.82, 2.24) is 14.9 Å². The number of oxime groups is 1. The number of nitrogens with one attached hydrogen (secondary N) is 2. The normalized spacial score (nSPS) is 12.1. The average molecular weight is 394 g/mol. The van der Waals surface area contributed by atoms with Crippen LogP contribution in [0.25, 0.3) is 11.0 Å². The maximum absolute atomic E-state index is 14.2. The van der Waals surface area contributed by atoms with Gasteiger partial charge in [0.15, 0.2) is 17.5 Å². The Labute approximate surface area is 159 Å². The summed E-state index contributed by atoms with van der Waals surface area (Å²) in [6.45, 7) is 0.682.